The minimum absolute atomic E-state index is 0.0319. The molecule has 0 aromatic heterocycles. The first-order valence-electron chi connectivity index (χ1n) is 27.8. The Morgan fingerprint density at radius 2 is 0.812 bits per heavy atom. The molecule has 2 spiro atoms. The van der Waals surface area contributed by atoms with Gasteiger partial charge in [-0.25, -0.2) is 0 Å². The minimum Gasteiger partial charge on any atom is -0.393 e. The predicted molar refractivity (Wildman–Crippen MR) is 262 cm³/mol. The number of hydrogen-bond acceptors (Lipinski definition) is 6. The zero-order valence-electron chi connectivity index (χ0n) is 42.5. The van der Waals surface area contributed by atoms with Gasteiger partial charge in [-0.1, -0.05) is 55.4 Å². The van der Waals surface area contributed by atoms with Crippen LogP contribution in [0.4, 0.5) is 0 Å². The Morgan fingerprint density at radius 1 is 0.438 bits per heavy atom. The van der Waals surface area contributed by atoms with Crippen LogP contribution in [-0.4, -0.2) is 59.2 Å². The fourth-order valence-electron chi connectivity index (χ4n) is 20.9. The lowest BCUT2D eigenvalue weighted by Gasteiger charge is -2.61. The summed E-state index contributed by atoms with van der Waals surface area (Å²) >= 11 is 0. The monoisotopic (exact) mass is 887 g/mol. The van der Waals surface area contributed by atoms with E-state index in [9.17, 15) is 10.2 Å². The molecular formula is C58H98N2O4. The predicted octanol–water partition coefficient (Wildman–Crippen LogP) is 12.3. The summed E-state index contributed by atoms with van der Waals surface area (Å²) in [6, 6.07) is 0. The van der Waals surface area contributed by atoms with E-state index in [0.29, 0.717) is 45.7 Å². The van der Waals surface area contributed by atoms with Gasteiger partial charge < -0.3 is 19.7 Å². The molecule has 8 saturated carbocycles. The second-order valence-electron chi connectivity index (χ2n) is 26.5. The van der Waals surface area contributed by atoms with Crippen molar-refractivity contribution in [2.24, 2.45) is 105 Å². The van der Waals surface area contributed by atoms with Crippen LogP contribution in [0.3, 0.4) is 0 Å². The van der Waals surface area contributed by atoms with Crippen molar-refractivity contribution in [3.05, 3.63) is 26.3 Å². The first-order chi connectivity index (χ1) is 30.5. The molecule has 6 heteroatoms. The smallest absolute Gasteiger partial charge is 0.122 e. The Hall–Kier alpha value is -0.760. The van der Waals surface area contributed by atoms with E-state index in [1.165, 1.54) is 103 Å². The Bertz CT molecular complexity index is 1520. The van der Waals surface area contributed by atoms with Gasteiger partial charge in [-0.15, -0.1) is 26.3 Å². The molecular weight excluding hydrogens is 789 g/mol. The Kier molecular flexibility index (Phi) is 13.3. The number of hydrogen-bond donors (Lipinski definition) is 4. The summed E-state index contributed by atoms with van der Waals surface area (Å²) in [5, 5.41) is 28.4. The lowest BCUT2D eigenvalue weighted by molar-refractivity contribution is -0.140. The number of fused-ring (bicyclic) bond motifs is 14. The van der Waals surface area contributed by atoms with Crippen molar-refractivity contribution >= 4 is 0 Å². The van der Waals surface area contributed by atoms with Crippen LogP contribution >= 0.6 is 0 Å². The van der Waals surface area contributed by atoms with Gasteiger partial charge >= 0.3 is 0 Å². The highest BCUT2D eigenvalue weighted by Crippen LogP contribution is 2.73. The lowest BCUT2D eigenvalue weighted by Crippen LogP contribution is -2.57. The van der Waals surface area contributed by atoms with E-state index in [0.717, 1.165) is 110 Å². The van der Waals surface area contributed by atoms with Crippen molar-refractivity contribution < 1.29 is 19.7 Å². The van der Waals surface area contributed by atoms with Gasteiger partial charge in [0.2, 0.25) is 0 Å². The van der Waals surface area contributed by atoms with Gasteiger partial charge in [0.05, 0.1) is 24.4 Å². The molecule has 64 heavy (non-hydrogen) atoms. The minimum atomic E-state index is -0.0320. The second-order valence-corrected chi connectivity index (χ2v) is 26.5. The van der Waals surface area contributed by atoms with Crippen LogP contribution in [0.25, 0.3) is 0 Å². The number of piperidine rings is 2. The summed E-state index contributed by atoms with van der Waals surface area (Å²) in [7, 11) is 0. The van der Waals surface area contributed by atoms with Crippen molar-refractivity contribution in [1.82, 2.24) is 10.6 Å². The van der Waals surface area contributed by atoms with Crippen molar-refractivity contribution in [1.29, 1.82) is 0 Å². The fraction of sp³-hybridized carbons (Fsp3) is 0.931. The molecule has 0 aromatic carbocycles. The molecule has 8 aliphatic carbocycles. The maximum atomic E-state index is 10.3. The average molecular weight is 887 g/mol. The van der Waals surface area contributed by atoms with Gasteiger partial charge in [-0.3, -0.25) is 10.6 Å². The Labute approximate surface area is 392 Å². The molecule has 364 valence electrons. The fourth-order valence-corrected chi connectivity index (χ4v) is 20.9. The zero-order chi connectivity index (χ0) is 45.8. The highest BCUT2D eigenvalue weighted by molar-refractivity contribution is 5.18. The third-order valence-electron chi connectivity index (χ3n) is 24.2. The molecule has 0 amide bonds. The van der Waals surface area contributed by atoms with Crippen LogP contribution < -0.4 is 10.6 Å². The van der Waals surface area contributed by atoms with Crippen molar-refractivity contribution in [2.45, 2.75) is 220 Å². The van der Waals surface area contributed by atoms with E-state index in [2.05, 4.69) is 92.3 Å². The van der Waals surface area contributed by atoms with Crippen LogP contribution in [0, 0.1) is 105 Å². The molecule has 0 aromatic rings. The van der Waals surface area contributed by atoms with Gasteiger partial charge in [0, 0.05) is 24.9 Å². The van der Waals surface area contributed by atoms with E-state index in [1.54, 1.807) is 0 Å². The number of ether oxygens (including phenoxy) is 2. The third-order valence-corrected chi connectivity index (χ3v) is 24.2. The van der Waals surface area contributed by atoms with Crippen LogP contribution in [0.2, 0.25) is 0 Å². The van der Waals surface area contributed by atoms with Crippen molar-refractivity contribution in [2.75, 3.05) is 13.1 Å². The second kappa shape index (κ2) is 17.6. The molecule has 4 aliphatic heterocycles. The SMILES string of the molecule is C=C.C=C.C[C@H]1CC[C@]2(NC1)OC1C[C@H]3[C@@H]4CC[C@H]5C[C@@H](O)CC[C@]5(C)[C@H]4CC[C@]3(C)C1[C@@H]2C.C[C@H]1CC[C@]2(NC1)O[C@H]1C[C@H]3[C@@H]4CC[C@H]5C[C@@H](O)CC[C@]5(C)[C@H]4CC[C@]3(C)[C@H]1[C@@H]2C. The Balaban J connectivity index is 0.000000151. The first kappa shape index (κ1) is 48.3. The molecule has 0 bridgehead atoms. The van der Waals surface area contributed by atoms with Crippen LogP contribution in [0.1, 0.15) is 184 Å². The highest BCUT2D eigenvalue weighted by atomic mass is 16.5. The van der Waals surface area contributed by atoms with E-state index in [4.69, 9.17) is 9.47 Å². The van der Waals surface area contributed by atoms with Crippen LogP contribution in [0.15, 0.2) is 26.3 Å². The molecule has 24 atom stereocenters. The number of rotatable bonds is 0. The molecule has 12 rings (SSSR count). The highest BCUT2D eigenvalue weighted by Gasteiger charge is 2.70. The molecule has 4 N–H and O–H groups in total. The molecule has 12 fully saturated rings. The van der Waals surface area contributed by atoms with E-state index in [1.807, 2.05) is 0 Å². The molecule has 4 heterocycles. The van der Waals surface area contributed by atoms with Crippen molar-refractivity contribution in [3.8, 4) is 0 Å². The van der Waals surface area contributed by atoms with Gasteiger partial charge in [0.1, 0.15) is 11.4 Å². The Morgan fingerprint density at radius 3 is 1.17 bits per heavy atom. The summed E-state index contributed by atoms with van der Waals surface area (Å²) in [4.78, 5) is 0. The van der Waals surface area contributed by atoms with Crippen LogP contribution in [-0.2, 0) is 9.47 Å². The summed E-state index contributed by atoms with van der Waals surface area (Å²) in [6.45, 7) is 34.6. The summed E-state index contributed by atoms with van der Waals surface area (Å²) in [5.41, 5.74) is 1.84. The zero-order valence-corrected chi connectivity index (χ0v) is 42.5. The largest absolute Gasteiger partial charge is 0.393 e. The molecule has 6 nitrogen and oxygen atoms in total. The number of aliphatic hydroxyl groups excluding tert-OH is 2. The van der Waals surface area contributed by atoms with Gasteiger partial charge in [0.25, 0.3) is 0 Å². The van der Waals surface area contributed by atoms with E-state index < -0.39 is 0 Å². The van der Waals surface area contributed by atoms with Gasteiger partial charge in [-0.2, -0.15) is 0 Å². The normalized spacial score (nSPS) is 58.7. The summed E-state index contributed by atoms with van der Waals surface area (Å²) in [5.74, 6) is 11.1. The first-order valence-corrected chi connectivity index (χ1v) is 27.8. The molecule has 2 unspecified atom stereocenters. The number of nitrogens with one attached hydrogen (secondary N) is 2. The summed E-state index contributed by atoms with van der Waals surface area (Å²) < 4.78 is 14.0. The quantitative estimate of drug-likeness (QED) is 0.181. The maximum absolute atomic E-state index is 10.3. The standard InChI is InChI=1S/2C27H45NO2.2C2H4/c2*1-16-7-12-27(28-15-16)17(2)24-23(30-27)14-22-20-6-5-18-13-19(29)8-10-25(18,3)21(20)9-11-26(22,24)4;2*1-2/h2*16-24,28-29H,5-15H2,1-4H3;2*1-2H2/t16-,17-,18-,19-,20+,21-,22-,23?,24?,25-,26-,27-;16-,17-,18-,19-,20+,21-,22-,23-,24-,25-,26-,27-;;/m00../s1. The van der Waals surface area contributed by atoms with E-state index >= 15 is 0 Å². The molecule has 4 saturated heterocycles. The lowest BCUT2D eigenvalue weighted by atomic mass is 9.44. The van der Waals surface area contributed by atoms with E-state index in [-0.39, 0.29) is 23.7 Å². The third kappa shape index (κ3) is 7.24. The van der Waals surface area contributed by atoms with Gasteiger partial charge in [-0.05, 0) is 221 Å². The van der Waals surface area contributed by atoms with Crippen molar-refractivity contribution in [3.63, 3.8) is 0 Å². The molecule has 0 radical (unpaired) electrons. The maximum Gasteiger partial charge on any atom is 0.122 e. The van der Waals surface area contributed by atoms with Crippen LogP contribution in [0.5, 0.6) is 0 Å². The topological polar surface area (TPSA) is 83.0 Å². The summed E-state index contributed by atoms with van der Waals surface area (Å²) in [6.07, 6.45) is 26.5. The number of aliphatic hydroxyl groups is 2. The average Bonchev–Trinajstić information content (AvgIpc) is 3.94. The van der Waals surface area contributed by atoms with Gasteiger partial charge in [0.15, 0.2) is 0 Å². The molecule has 12 aliphatic rings.